The van der Waals surface area contributed by atoms with Crippen LogP contribution in [0.25, 0.3) is 0 Å². The Bertz CT molecular complexity index is 721. The van der Waals surface area contributed by atoms with Crippen LogP contribution in [0.15, 0.2) is 48.5 Å². The molecule has 2 aromatic rings. The lowest BCUT2D eigenvalue weighted by atomic mass is 9.63. The monoisotopic (exact) mass is 311 g/mol. The Hall–Kier alpha value is -2.16. The lowest BCUT2D eigenvalue weighted by molar-refractivity contribution is -0.140. The van der Waals surface area contributed by atoms with Crippen LogP contribution in [-0.4, -0.2) is 17.9 Å². The average Bonchev–Trinajstić information content (AvgIpc) is 2.48. The van der Waals surface area contributed by atoms with E-state index in [2.05, 4.69) is 19.1 Å². The minimum absolute atomic E-state index is 0.0950. The van der Waals surface area contributed by atoms with Gasteiger partial charge in [-0.25, -0.2) is 4.39 Å². The quantitative estimate of drug-likeness (QED) is 0.828. The predicted molar refractivity (Wildman–Crippen MR) is 89.6 cm³/mol. The van der Waals surface area contributed by atoms with Crippen molar-refractivity contribution in [2.45, 2.75) is 38.1 Å². The van der Waals surface area contributed by atoms with Crippen molar-refractivity contribution in [2.75, 3.05) is 7.05 Å². The summed E-state index contributed by atoms with van der Waals surface area (Å²) in [4.78, 5) is 14.9. The fourth-order valence-electron chi connectivity index (χ4n) is 3.42. The predicted octanol–water partition coefficient (Wildman–Crippen LogP) is 4.21. The fraction of sp³-hybridized carbons (Fsp3) is 0.350. The van der Waals surface area contributed by atoms with Gasteiger partial charge in [0.05, 0.1) is 5.41 Å². The molecule has 3 rings (SSSR count). The number of likely N-dealkylation sites (N-methyl/N-ethyl adjacent to an activating group) is 1. The van der Waals surface area contributed by atoms with Crippen molar-refractivity contribution >= 4 is 5.91 Å². The molecule has 2 aromatic carbocycles. The first kappa shape index (κ1) is 15.7. The normalized spacial score (nSPS) is 15.8. The number of aryl methyl sites for hydroxylation is 1. The number of rotatable bonds is 4. The third kappa shape index (κ3) is 2.88. The highest BCUT2D eigenvalue weighted by Crippen LogP contribution is 2.45. The van der Waals surface area contributed by atoms with Gasteiger partial charge in [0.1, 0.15) is 5.82 Å². The molecule has 0 radical (unpaired) electrons. The summed E-state index contributed by atoms with van der Waals surface area (Å²) in [6.45, 7) is 2.64. The second kappa shape index (κ2) is 6.15. The standard InChI is InChI=1S/C20H22FNO/c1-15-7-3-4-8-16(15)14-22(2)19(23)20(11-6-12-20)17-9-5-10-18(21)13-17/h3-5,7-10,13H,6,11-12,14H2,1-2H3. The molecule has 0 N–H and O–H groups in total. The molecule has 0 spiro atoms. The molecule has 1 aliphatic carbocycles. The number of hydrogen-bond donors (Lipinski definition) is 0. The van der Waals surface area contributed by atoms with Gasteiger partial charge >= 0.3 is 0 Å². The second-order valence-electron chi connectivity index (χ2n) is 6.53. The van der Waals surface area contributed by atoms with Crippen molar-refractivity contribution in [3.05, 3.63) is 71.0 Å². The third-order valence-electron chi connectivity index (χ3n) is 5.01. The van der Waals surface area contributed by atoms with Crippen LogP contribution in [0.2, 0.25) is 0 Å². The van der Waals surface area contributed by atoms with Crippen molar-refractivity contribution in [1.29, 1.82) is 0 Å². The van der Waals surface area contributed by atoms with E-state index in [1.165, 1.54) is 17.7 Å². The molecule has 120 valence electrons. The van der Waals surface area contributed by atoms with Gasteiger partial charge in [0.25, 0.3) is 0 Å². The number of halogens is 1. The fourth-order valence-corrected chi connectivity index (χ4v) is 3.42. The zero-order chi connectivity index (χ0) is 16.4. The van der Waals surface area contributed by atoms with E-state index in [0.717, 1.165) is 30.4 Å². The highest BCUT2D eigenvalue weighted by Gasteiger charge is 2.47. The van der Waals surface area contributed by atoms with Crippen molar-refractivity contribution in [3.8, 4) is 0 Å². The topological polar surface area (TPSA) is 20.3 Å². The van der Waals surface area contributed by atoms with E-state index in [0.29, 0.717) is 6.54 Å². The average molecular weight is 311 g/mol. The van der Waals surface area contributed by atoms with E-state index in [1.807, 2.05) is 25.2 Å². The van der Waals surface area contributed by atoms with E-state index in [4.69, 9.17) is 0 Å². The highest BCUT2D eigenvalue weighted by molar-refractivity contribution is 5.89. The molecule has 1 amide bonds. The Morgan fingerprint density at radius 1 is 1.17 bits per heavy atom. The molecular weight excluding hydrogens is 289 g/mol. The van der Waals surface area contributed by atoms with E-state index < -0.39 is 5.41 Å². The van der Waals surface area contributed by atoms with Gasteiger partial charge < -0.3 is 4.90 Å². The Labute approximate surface area is 136 Å². The number of carbonyl (C=O) groups excluding carboxylic acids is 1. The van der Waals surface area contributed by atoms with Gasteiger partial charge in [-0.3, -0.25) is 4.79 Å². The summed E-state index contributed by atoms with van der Waals surface area (Å²) in [6, 6.07) is 14.6. The molecule has 23 heavy (non-hydrogen) atoms. The molecule has 0 aliphatic heterocycles. The van der Waals surface area contributed by atoms with Crippen molar-refractivity contribution < 1.29 is 9.18 Å². The van der Waals surface area contributed by atoms with Crippen LogP contribution in [0.4, 0.5) is 4.39 Å². The minimum Gasteiger partial charge on any atom is -0.341 e. The summed E-state index contributed by atoms with van der Waals surface area (Å²) in [5, 5.41) is 0. The van der Waals surface area contributed by atoms with Gasteiger partial charge in [0.15, 0.2) is 0 Å². The van der Waals surface area contributed by atoms with Crippen LogP contribution >= 0.6 is 0 Å². The van der Waals surface area contributed by atoms with Crippen LogP contribution in [0.3, 0.4) is 0 Å². The van der Waals surface area contributed by atoms with Gasteiger partial charge in [-0.1, -0.05) is 42.8 Å². The van der Waals surface area contributed by atoms with E-state index >= 15 is 0 Å². The molecule has 1 aliphatic rings. The largest absolute Gasteiger partial charge is 0.341 e. The smallest absolute Gasteiger partial charge is 0.233 e. The second-order valence-corrected chi connectivity index (χ2v) is 6.53. The first-order chi connectivity index (χ1) is 11.0. The molecule has 0 saturated heterocycles. The Morgan fingerprint density at radius 2 is 1.91 bits per heavy atom. The lowest BCUT2D eigenvalue weighted by Crippen LogP contribution is -2.49. The van der Waals surface area contributed by atoms with Crippen LogP contribution in [-0.2, 0) is 16.8 Å². The summed E-state index contributed by atoms with van der Waals surface area (Å²) < 4.78 is 13.6. The SMILES string of the molecule is Cc1ccccc1CN(C)C(=O)C1(c2cccc(F)c2)CCC1. The Balaban J connectivity index is 1.84. The van der Waals surface area contributed by atoms with Gasteiger partial charge in [0, 0.05) is 13.6 Å². The van der Waals surface area contributed by atoms with Crippen molar-refractivity contribution in [1.82, 2.24) is 4.90 Å². The van der Waals surface area contributed by atoms with E-state index in [-0.39, 0.29) is 11.7 Å². The lowest BCUT2D eigenvalue weighted by Gasteiger charge is -2.43. The molecular formula is C20H22FNO. The van der Waals surface area contributed by atoms with E-state index in [9.17, 15) is 9.18 Å². The molecule has 0 heterocycles. The van der Waals surface area contributed by atoms with E-state index in [1.54, 1.807) is 11.0 Å². The zero-order valence-corrected chi connectivity index (χ0v) is 13.7. The van der Waals surface area contributed by atoms with Crippen LogP contribution < -0.4 is 0 Å². The van der Waals surface area contributed by atoms with Crippen LogP contribution in [0, 0.1) is 12.7 Å². The maximum atomic E-state index is 13.6. The number of benzene rings is 2. The number of carbonyl (C=O) groups is 1. The first-order valence-corrected chi connectivity index (χ1v) is 8.09. The first-order valence-electron chi connectivity index (χ1n) is 8.09. The molecule has 0 bridgehead atoms. The zero-order valence-electron chi connectivity index (χ0n) is 13.7. The molecule has 1 saturated carbocycles. The number of hydrogen-bond acceptors (Lipinski definition) is 1. The van der Waals surface area contributed by atoms with Gasteiger partial charge in [0.2, 0.25) is 5.91 Å². The minimum atomic E-state index is -0.542. The Kier molecular flexibility index (Phi) is 4.20. The molecule has 3 heteroatoms. The Morgan fingerprint density at radius 3 is 2.52 bits per heavy atom. The molecule has 2 nitrogen and oxygen atoms in total. The molecule has 0 unspecified atom stereocenters. The maximum absolute atomic E-state index is 13.6. The summed E-state index contributed by atoms with van der Waals surface area (Å²) >= 11 is 0. The molecule has 1 fully saturated rings. The van der Waals surface area contributed by atoms with Crippen molar-refractivity contribution in [3.63, 3.8) is 0 Å². The van der Waals surface area contributed by atoms with Gasteiger partial charge in [-0.2, -0.15) is 0 Å². The number of nitrogens with zero attached hydrogens (tertiary/aromatic N) is 1. The summed E-state index contributed by atoms with van der Waals surface area (Å²) in [5.74, 6) is -0.180. The summed E-state index contributed by atoms with van der Waals surface area (Å²) in [6.07, 6.45) is 2.61. The van der Waals surface area contributed by atoms with Crippen LogP contribution in [0.5, 0.6) is 0 Å². The molecule has 0 atom stereocenters. The van der Waals surface area contributed by atoms with Crippen LogP contribution in [0.1, 0.15) is 36.0 Å². The maximum Gasteiger partial charge on any atom is 0.233 e. The van der Waals surface area contributed by atoms with Crippen molar-refractivity contribution in [2.24, 2.45) is 0 Å². The van der Waals surface area contributed by atoms with Gasteiger partial charge in [-0.05, 0) is 48.6 Å². The number of amides is 1. The molecule has 0 aromatic heterocycles. The summed E-state index contributed by atoms with van der Waals surface area (Å²) in [7, 11) is 1.84. The summed E-state index contributed by atoms with van der Waals surface area (Å²) in [5.41, 5.74) is 2.60. The van der Waals surface area contributed by atoms with Gasteiger partial charge in [-0.15, -0.1) is 0 Å². The highest BCUT2D eigenvalue weighted by atomic mass is 19.1. The third-order valence-corrected chi connectivity index (χ3v) is 5.01.